The summed E-state index contributed by atoms with van der Waals surface area (Å²) in [5, 5.41) is 2.12. The van der Waals surface area contributed by atoms with E-state index in [2.05, 4.69) is 5.32 Å². The molecule has 0 heterocycles. The summed E-state index contributed by atoms with van der Waals surface area (Å²) in [6, 6.07) is 0. The Morgan fingerprint density at radius 1 is 1.80 bits per heavy atom. The Labute approximate surface area is 42.8 Å². The molecule has 1 N–H and O–H groups in total. The van der Waals surface area contributed by atoms with Gasteiger partial charge < -0.3 is 10.1 Å². The average Bonchev–Trinajstić information content (AvgIpc) is 1.37. The predicted octanol–water partition coefficient (Wildman–Crippen LogP) is -0.730. The van der Waals surface area contributed by atoms with Gasteiger partial charge in [-0.3, -0.25) is 0 Å². The number of carbonyl (C=O) groups excluding carboxylic acids is 1. The monoisotopic (exact) mass is 109 g/mol. The summed E-state index contributed by atoms with van der Waals surface area (Å²) >= 11 is 0. The van der Waals surface area contributed by atoms with Crippen molar-refractivity contribution in [2.75, 3.05) is 7.05 Å². The van der Waals surface area contributed by atoms with E-state index >= 15 is 0 Å². The Bertz CT molecular complexity index is 23.6. The minimum absolute atomic E-state index is 0. The van der Waals surface area contributed by atoms with Crippen molar-refractivity contribution in [3.63, 3.8) is 0 Å². The molecular formula is C2H4NOV+. The quantitative estimate of drug-likeness (QED) is 0.349. The van der Waals surface area contributed by atoms with E-state index in [1.54, 1.807) is 0 Å². The third-order valence-corrected chi connectivity index (χ3v) is 0.102. The minimum Gasteiger partial charge on any atom is -0.532 e. The molecule has 0 spiro atoms. The Balaban J connectivity index is 0. The zero-order valence-corrected chi connectivity index (χ0v) is 4.25. The fraction of sp³-hybridized carbons (Fsp3) is 0.500. The van der Waals surface area contributed by atoms with Gasteiger partial charge in [0, 0.05) is 0 Å². The molecule has 3 heteroatoms. The van der Waals surface area contributed by atoms with E-state index in [9.17, 15) is 0 Å². The molecule has 27 valence electrons. The molecule has 0 fully saturated rings. The van der Waals surface area contributed by atoms with Gasteiger partial charge in [-0.1, -0.05) is 0 Å². The van der Waals surface area contributed by atoms with Gasteiger partial charge in [-0.15, -0.1) is 0 Å². The van der Waals surface area contributed by atoms with E-state index in [1.165, 1.54) is 13.5 Å². The number of hydrogen-bond acceptors (Lipinski definition) is 1. The van der Waals surface area contributed by atoms with Gasteiger partial charge in [0.15, 0.2) is 0 Å². The molecule has 0 unspecified atom stereocenters. The molecule has 0 saturated heterocycles. The summed E-state index contributed by atoms with van der Waals surface area (Å²) in [6.07, 6.45) is 1.43. The predicted molar refractivity (Wildman–Crippen MR) is 14.8 cm³/mol. The SMILES string of the molecule is CN[C-]=O.[V+2]. The van der Waals surface area contributed by atoms with E-state index in [0.29, 0.717) is 0 Å². The zero-order valence-electron chi connectivity index (χ0n) is 2.86. The molecule has 0 aliphatic heterocycles. The van der Waals surface area contributed by atoms with Crippen LogP contribution in [-0.4, -0.2) is 13.5 Å². The maximum atomic E-state index is 8.94. The van der Waals surface area contributed by atoms with Crippen LogP contribution in [-0.2, 0) is 23.4 Å². The van der Waals surface area contributed by atoms with Crippen molar-refractivity contribution in [3.05, 3.63) is 0 Å². The summed E-state index contributed by atoms with van der Waals surface area (Å²) < 4.78 is 0. The largest absolute Gasteiger partial charge is 2.00 e. The van der Waals surface area contributed by atoms with E-state index in [-0.39, 0.29) is 18.6 Å². The van der Waals surface area contributed by atoms with Crippen molar-refractivity contribution in [1.29, 1.82) is 0 Å². The Morgan fingerprint density at radius 3 is 2.00 bits per heavy atom. The maximum absolute atomic E-state index is 8.94. The minimum atomic E-state index is 0. The molecule has 0 aromatic rings. The number of hydrogen-bond donors (Lipinski definition) is 1. The van der Waals surface area contributed by atoms with Crippen LogP contribution in [0.15, 0.2) is 0 Å². The van der Waals surface area contributed by atoms with Gasteiger partial charge in [0.1, 0.15) is 0 Å². The van der Waals surface area contributed by atoms with Crippen LogP contribution in [0.25, 0.3) is 0 Å². The molecule has 0 saturated carbocycles. The molecular weight excluding hydrogens is 105 g/mol. The topological polar surface area (TPSA) is 29.1 Å². The van der Waals surface area contributed by atoms with Gasteiger partial charge in [-0.25, -0.2) is 0 Å². The van der Waals surface area contributed by atoms with Crippen LogP contribution in [0.5, 0.6) is 0 Å². The van der Waals surface area contributed by atoms with Gasteiger partial charge >= 0.3 is 18.6 Å². The molecule has 0 atom stereocenters. The smallest absolute Gasteiger partial charge is 0.532 e. The van der Waals surface area contributed by atoms with Crippen LogP contribution in [0.4, 0.5) is 0 Å². The van der Waals surface area contributed by atoms with Crippen molar-refractivity contribution in [3.8, 4) is 0 Å². The molecule has 0 aromatic carbocycles. The van der Waals surface area contributed by atoms with Crippen LogP contribution in [0.3, 0.4) is 0 Å². The number of rotatable bonds is 1. The van der Waals surface area contributed by atoms with Crippen LogP contribution < -0.4 is 5.32 Å². The molecule has 1 amide bonds. The van der Waals surface area contributed by atoms with Crippen LogP contribution in [0.2, 0.25) is 0 Å². The third-order valence-electron chi connectivity index (χ3n) is 0.102. The molecule has 0 aliphatic rings. The van der Waals surface area contributed by atoms with Crippen molar-refractivity contribution in [1.82, 2.24) is 5.32 Å². The number of amides is 1. The number of nitrogens with one attached hydrogen (secondary N) is 1. The second kappa shape index (κ2) is 8.96. The van der Waals surface area contributed by atoms with Crippen LogP contribution in [0.1, 0.15) is 0 Å². The standard InChI is InChI=1S/C2H4NO.V/c1-3-2-4;/h1H3,(H,3,4);/q-1;+2. The van der Waals surface area contributed by atoms with Gasteiger partial charge in [-0.2, -0.15) is 6.41 Å². The van der Waals surface area contributed by atoms with E-state index in [4.69, 9.17) is 4.79 Å². The van der Waals surface area contributed by atoms with Crippen LogP contribution in [0, 0.1) is 0 Å². The molecule has 2 nitrogen and oxygen atoms in total. The van der Waals surface area contributed by atoms with Crippen LogP contribution >= 0.6 is 0 Å². The maximum Gasteiger partial charge on any atom is 2.00 e. The van der Waals surface area contributed by atoms with E-state index in [1.807, 2.05) is 0 Å². The summed E-state index contributed by atoms with van der Waals surface area (Å²) in [6.45, 7) is 0. The van der Waals surface area contributed by atoms with E-state index < -0.39 is 0 Å². The van der Waals surface area contributed by atoms with E-state index in [0.717, 1.165) is 0 Å². The third kappa shape index (κ3) is 15.4. The van der Waals surface area contributed by atoms with Crippen molar-refractivity contribution in [2.45, 2.75) is 0 Å². The second-order valence-electron chi connectivity index (χ2n) is 0.352. The fourth-order valence-corrected chi connectivity index (χ4v) is 0. The Morgan fingerprint density at radius 2 is 2.00 bits per heavy atom. The normalized spacial score (nSPS) is 4.20. The molecule has 5 heavy (non-hydrogen) atoms. The molecule has 0 aromatic heterocycles. The first kappa shape index (κ1) is 8.91. The summed E-state index contributed by atoms with van der Waals surface area (Å²) in [4.78, 5) is 8.94. The van der Waals surface area contributed by atoms with Crippen molar-refractivity contribution in [2.24, 2.45) is 0 Å². The first-order chi connectivity index (χ1) is 1.91. The van der Waals surface area contributed by atoms with Gasteiger partial charge in [0.2, 0.25) is 0 Å². The molecule has 1 radical (unpaired) electrons. The fourth-order valence-electron chi connectivity index (χ4n) is 0. The molecule has 0 aliphatic carbocycles. The van der Waals surface area contributed by atoms with Crippen molar-refractivity contribution < 1.29 is 23.4 Å². The van der Waals surface area contributed by atoms with Gasteiger partial charge in [-0.05, 0) is 7.05 Å². The zero-order chi connectivity index (χ0) is 3.41. The molecule has 0 rings (SSSR count). The second-order valence-corrected chi connectivity index (χ2v) is 0.352. The Hall–Kier alpha value is 0.0544. The summed E-state index contributed by atoms with van der Waals surface area (Å²) in [5.74, 6) is 0. The van der Waals surface area contributed by atoms with Gasteiger partial charge in [0.25, 0.3) is 0 Å². The average molecular weight is 109 g/mol. The first-order valence-electron chi connectivity index (χ1n) is 0.954. The molecule has 0 bridgehead atoms. The summed E-state index contributed by atoms with van der Waals surface area (Å²) in [7, 11) is 1.51. The van der Waals surface area contributed by atoms with Gasteiger partial charge in [0.05, 0.1) is 0 Å². The first-order valence-corrected chi connectivity index (χ1v) is 0.954. The Kier molecular flexibility index (Phi) is 16.0. The van der Waals surface area contributed by atoms with Crippen molar-refractivity contribution >= 4 is 6.41 Å². The summed E-state index contributed by atoms with van der Waals surface area (Å²) in [5.41, 5.74) is 0.